The summed E-state index contributed by atoms with van der Waals surface area (Å²) in [5, 5.41) is 5.65. The van der Waals surface area contributed by atoms with Crippen LogP contribution in [-0.4, -0.2) is 52.7 Å². The van der Waals surface area contributed by atoms with E-state index in [-0.39, 0.29) is 11.8 Å². The van der Waals surface area contributed by atoms with E-state index >= 15 is 0 Å². The van der Waals surface area contributed by atoms with Crippen molar-refractivity contribution >= 4 is 23.3 Å². The molecule has 0 unspecified atom stereocenters. The molecule has 9 heteroatoms. The predicted molar refractivity (Wildman–Crippen MR) is 116 cm³/mol. The van der Waals surface area contributed by atoms with Crippen LogP contribution in [0.3, 0.4) is 0 Å². The molecule has 0 radical (unpaired) electrons. The molecule has 3 aromatic rings. The lowest BCUT2D eigenvalue weighted by atomic mass is 10.1. The van der Waals surface area contributed by atoms with Crippen LogP contribution in [0.15, 0.2) is 55.0 Å². The normalized spacial score (nSPS) is 13.6. The SMILES string of the molecule is Cn1ccnc1C(=O)c1ccc(NC(=O)NCc2cccnc2N2CCOCC2)cc1. The van der Waals surface area contributed by atoms with E-state index in [4.69, 9.17) is 4.74 Å². The fourth-order valence-corrected chi connectivity index (χ4v) is 3.40. The zero-order valence-corrected chi connectivity index (χ0v) is 17.2. The van der Waals surface area contributed by atoms with E-state index in [1.165, 1.54) is 0 Å². The van der Waals surface area contributed by atoms with Gasteiger partial charge in [-0.25, -0.2) is 14.8 Å². The number of nitrogens with zero attached hydrogens (tertiary/aromatic N) is 4. The van der Waals surface area contributed by atoms with Gasteiger partial charge in [0.1, 0.15) is 5.82 Å². The van der Waals surface area contributed by atoms with Gasteiger partial charge in [0.2, 0.25) is 5.78 Å². The Morgan fingerprint density at radius 2 is 1.84 bits per heavy atom. The first-order chi connectivity index (χ1) is 15.1. The monoisotopic (exact) mass is 420 g/mol. The van der Waals surface area contributed by atoms with Gasteiger partial charge in [-0.3, -0.25) is 4.79 Å². The minimum Gasteiger partial charge on any atom is -0.378 e. The van der Waals surface area contributed by atoms with Crippen molar-refractivity contribution in [2.24, 2.45) is 7.05 Å². The molecule has 160 valence electrons. The lowest BCUT2D eigenvalue weighted by Gasteiger charge is -2.29. The lowest BCUT2D eigenvalue weighted by molar-refractivity contribution is 0.102. The summed E-state index contributed by atoms with van der Waals surface area (Å²) < 4.78 is 7.07. The Hall–Kier alpha value is -3.72. The van der Waals surface area contributed by atoms with Crippen molar-refractivity contribution in [2.75, 3.05) is 36.5 Å². The minimum atomic E-state index is -0.333. The number of hydrogen-bond donors (Lipinski definition) is 2. The van der Waals surface area contributed by atoms with Gasteiger partial charge in [0.25, 0.3) is 0 Å². The summed E-state index contributed by atoms with van der Waals surface area (Å²) in [6, 6.07) is 10.2. The molecular formula is C22H24N6O3. The predicted octanol–water partition coefficient (Wildman–Crippen LogP) is 2.20. The van der Waals surface area contributed by atoms with Crippen LogP contribution < -0.4 is 15.5 Å². The fourth-order valence-electron chi connectivity index (χ4n) is 3.40. The smallest absolute Gasteiger partial charge is 0.319 e. The van der Waals surface area contributed by atoms with Crippen LogP contribution in [-0.2, 0) is 18.3 Å². The third kappa shape index (κ3) is 4.89. The number of aromatic nitrogens is 3. The van der Waals surface area contributed by atoms with Crippen molar-refractivity contribution in [1.29, 1.82) is 0 Å². The van der Waals surface area contributed by atoms with E-state index in [2.05, 4.69) is 25.5 Å². The molecule has 1 aliphatic heterocycles. The molecule has 2 N–H and O–H groups in total. The van der Waals surface area contributed by atoms with Gasteiger partial charge in [0.15, 0.2) is 5.82 Å². The standard InChI is InChI=1S/C22H24N6O3/c1-27-10-9-24-21(27)19(29)16-4-6-18(7-5-16)26-22(30)25-15-17-3-2-8-23-20(17)28-11-13-31-14-12-28/h2-10H,11-15H2,1H3,(H2,25,26,30). The molecule has 1 fully saturated rings. The number of carbonyl (C=O) groups excluding carboxylic acids is 2. The molecule has 0 saturated carbocycles. The number of nitrogens with one attached hydrogen (secondary N) is 2. The van der Waals surface area contributed by atoms with Gasteiger partial charge in [-0.15, -0.1) is 0 Å². The molecule has 0 aliphatic carbocycles. The first-order valence-electron chi connectivity index (χ1n) is 10.1. The number of rotatable bonds is 6. The van der Waals surface area contributed by atoms with Gasteiger partial charge in [0, 0.05) is 62.1 Å². The first kappa shape index (κ1) is 20.5. The molecule has 1 aliphatic rings. The maximum atomic E-state index is 12.5. The maximum Gasteiger partial charge on any atom is 0.319 e. The fraction of sp³-hybridized carbons (Fsp3) is 0.273. The third-order valence-electron chi connectivity index (χ3n) is 5.05. The van der Waals surface area contributed by atoms with E-state index in [1.807, 2.05) is 12.1 Å². The zero-order chi connectivity index (χ0) is 21.6. The molecular weight excluding hydrogens is 396 g/mol. The second-order valence-corrected chi connectivity index (χ2v) is 7.16. The van der Waals surface area contributed by atoms with Crippen molar-refractivity contribution in [2.45, 2.75) is 6.54 Å². The Morgan fingerprint density at radius 3 is 2.55 bits per heavy atom. The molecule has 0 atom stereocenters. The van der Waals surface area contributed by atoms with Gasteiger partial charge in [0.05, 0.1) is 13.2 Å². The Morgan fingerprint density at radius 1 is 1.06 bits per heavy atom. The number of pyridine rings is 1. The number of anilines is 2. The molecule has 2 amide bonds. The number of aryl methyl sites for hydroxylation is 1. The maximum absolute atomic E-state index is 12.5. The van der Waals surface area contributed by atoms with Crippen molar-refractivity contribution in [1.82, 2.24) is 19.9 Å². The van der Waals surface area contributed by atoms with Crippen molar-refractivity contribution in [3.63, 3.8) is 0 Å². The van der Waals surface area contributed by atoms with Gasteiger partial charge in [-0.05, 0) is 30.3 Å². The summed E-state index contributed by atoms with van der Waals surface area (Å²) >= 11 is 0. The van der Waals surface area contributed by atoms with Gasteiger partial charge >= 0.3 is 6.03 Å². The third-order valence-corrected chi connectivity index (χ3v) is 5.05. The van der Waals surface area contributed by atoms with Crippen molar-refractivity contribution in [3.8, 4) is 0 Å². The summed E-state index contributed by atoms with van der Waals surface area (Å²) in [4.78, 5) is 35.6. The quantitative estimate of drug-likeness (QED) is 0.593. The molecule has 0 spiro atoms. The largest absolute Gasteiger partial charge is 0.378 e. The van der Waals surface area contributed by atoms with Crippen molar-refractivity contribution < 1.29 is 14.3 Å². The summed E-state index contributed by atoms with van der Waals surface area (Å²) in [7, 11) is 1.77. The Balaban J connectivity index is 1.34. The number of amides is 2. The molecule has 3 heterocycles. The number of ether oxygens (including phenoxy) is 1. The second-order valence-electron chi connectivity index (χ2n) is 7.16. The molecule has 1 aromatic carbocycles. The highest BCUT2D eigenvalue weighted by molar-refractivity contribution is 6.07. The number of benzene rings is 1. The summed E-state index contributed by atoms with van der Waals surface area (Å²) in [5.74, 6) is 1.06. The first-order valence-corrected chi connectivity index (χ1v) is 10.1. The zero-order valence-electron chi connectivity index (χ0n) is 17.2. The molecule has 31 heavy (non-hydrogen) atoms. The topological polar surface area (TPSA) is 101 Å². The molecule has 4 rings (SSSR count). The average molecular weight is 420 g/mol. The highest BCUT2D eigenvalue weighted by Gasteiger charge is 2.16. The van der Waals surface area contributed by atoms with Crippen LogP contribution in [0.25, 0.3) is 0 Å². The molecule has 2 aromatic heterocycles. The van der Waals surface area contributed by atoms with E-state index in [1.54, 1.807) is 54.5 Å². The molecule has 9 nitrogen and oxygen atoms in total. The van der Waals surface area contributed by atoms with E-state index in [9.17, 15) is 9.59 Å². The van der Waals surface area contributed by atoms with Crippen LogP contribution in [0.4, 0.5) is 16.3 Å². The van der Waals surface area contributed by atoms with E-state index in [0.717, 1.165) is 24.5 Å². The van der Waals surface area contributed by atoms with E-state index in [0.29, 0.717) is 36.8 Å². The number of ketones is 1. The highest BCUT2D eigenvalue weighted by atomic mass is 16.5. The van der Waals surface area contributed by atoms with Crippen LogP contribution in [0.2, 0.25) is 0 Å². The Bertz CT molecular complexity index is 1060. The Labute approximate surface area is 180 Å². The summed E-state index contributed by atoms with van der Waals surface area (Å²) in [5.41, 5.74) is 2.04. The molecule has 0 bridgehead atoms. The summed E-state index contributed by atoms with van der Waals surface area (Å²) in [6.07, 6.45) is 5.06. The van der Waals surface area contributed by atoms with Crippen LogP contribution in [0.5, 0.6) is 0 Å². The average Bonchev–Trinajstić information content (AvgIpc) is 3.24. The van der Waals surface area contributed by atoms with Crippen LogP contribution in [0.1, 0.15) is 21.7 Å². The number of imidazole rings is 1. The number of hydrogen-bond acceptors (Lipinski definition) is 6. The van der Waals surface area contributed by atoms with Gasteiger partial charge in [-0.2, -0.15) is 0 Å². The minimum absolute atomic E-state index is 0.171. The Kier molecular flexibility index (Phi) is 6.23. The van der Waals surface area contributed by atoms with Crippen LogP contribution >= 0.6 is 0 Å². The number of carbonyl (C=O) groups is 2. The molecule has 1 saturated heterocycles. The number of urea groups is 1. The lowest BCUT2D eigenvalue weighted by Crippen LogP contribution is -2.38. The summed E-state index contributed by atoms with van der Waals surface area (Å²) in [6.45, 7) is 3.24. The van der Waals surface area contributed by atoms with Gasteiger partial charge in [-0.1, -0.05) is 6.07 Å². The van der Waals surface area contributed by atoms with Gasteiger partial charge < -0.3 is 24.8 Å². The van der Waals surface area contributed by atoms with Crippen LogP contribution in [0, 0.1) is 0 Å². The number of morpholine rings is 1. The van der Waals surface area contributed by atoms with E-state index < -0.39 is 0 Å². The second kappa shape index (κ2) is 9.40. The van der Waals surface area contributed by atoms with Crippen molar-refractivity contribution in [3.05, 3.63) is 71.9 Å². The highest BCUT2D eigenvalue weighted by Crippen LogP contribution is 2.18.